The van der Waals surface area contributed by atoms with E-state index in [1.54, 1.807) is 67.0 Å². The van der Waals surface area contributed by atoms with E-state index in [0.717, 1.165) is 5.56 Å². The Bertz CT molecular complexity index is 1260. The summed E-state index contributed by atoms with van der Waals surface area (Å²) in [7, 11) is 0. The number of furan rings is 1. The molecule has 34 heavy (non-hydrogen) atoms. The minimum Gasteiger partial charge on any atom is -0.490 e. The van der Waals surface area contributed by atoms with Crippen molar-refractivity contribution in [3.8, 4) is 11.5 Å². The summed E-state index contributed by atoms with van der Waals surface area (Å²) in [5, 5.41) is 5.57. The van der Waals surface area contributed by atoms with Gasteiger partial charge >= 0.3 is 0 Å². The lowest BCUT2D eigenvalue weighted by Crippen LogP contribution is -2.14. The average Bonchev–Trinajstić information content (AvgIpc) is 3.40. The third kappa shape index (κ3) is 5.80. The van der Waals surface area contributed by atoms with Gasteiger partial charge in [-0.1, -0.05) is 6.07 Å². The van der Waals surface area contributed by atoms with Crippen molar-refractivity contribution in [1.82, 2.24) is 4.98 Å². The van der Waals surface area contributed by atoms with Gasteiger partial charge in [-0.15, -0.1) is 0 Å². The van der Waals surface area contributed by atoms with Gasteiger partial charge in [-0.2, -0.15) is 0 Å². The Morgan fingerprint density at radius 2 is 1.62 bits per heavy atom. The van der Waals surface area contributed by atoms with Crippen molar-refractivity contribution in [2.45, 2.75) is 13.5 Å². The van der Waals surface area contributed by atoms with Crippen LogP contribution in [0.3, 0.4) is 0 Å². The van der Waals surface area contributed by atoms with Crippen molar-refractivity contribution in [2.75, 3.05) is 17.2 Å². The Labute approximate surface area is 196 Å². The van der Waals surface area contributed by atoms with E-state index in [-0.39, 0.29) is 17.6 Å². The third-order valence-electron chi connectivity index (χ3n) is 4.77. The number of aromatic nitrogens is 1. The van der Waals surface area contributed by atoms with Gasteiger partial charge in [0.1, 0.15) is 6.61 Å². The summed E-state index contributed by atoms with van der Waals surface area (Å²) in [6.45, 7) is 2.64. The van der Waals surface area contributed by atoms with Crippen LogP contribution in [0.25, 0.3) is 0 Å². The fraction of sp³-hybridized carbons (Fsp3) is 0.115. The Hall–Kier alpha value is -4.59. The highest BCUT2D eigenvalue weighted by Crippen LogP contribution is 2.30. The molecule has 2 amide bonds. The van der Waals surface area contributed by atoms with E-state index >= 15 is 0 Å². The minimum absolute atomic E-state index is 0.198. The van der Waals surface area contributed by atoms with E-state index < -0.39 is 0 Å². The average molecular weight is 457 g/mol. The number of carbonyl (C=O) groups is 2. The van der Waals surface area contributed by atoms with Crippen molar-refractivity contribution in [2.24, 2.45) is 0 Å². The first-order valence-electron chi connectivity index (χ1n) is 10.7. The lowest BCUT2D eigenvalue weighted by Gasteiger charge is -2.14. The van der Waals surface area contributed by atoms with Crippen LogP contribution < -0.4 is 20.1 Å². The van der Waals surface area contributed by atoms with E-state index in [4.69, 9.17) is 13.9 Å². The first-order valence-corrected chi connectivity index (χ1v) is 10.7. The maximum absolute atomic E-state index is 12.9. The van der Waals surface area contributed by atoms with Crippen LogP contribution in [0.5, 0.6) is 11.5 Å². The van der Waals surface area contributed by atoms with Gasteiger partial charge in [-0.05, 0) is 73.2 Å². The second-order valence-corrected chi connectivity index (χ2v) is 7.21. The molecular weight excluding hydrogens is 434 g/mol. The number of pyridine rings is 1. The molecule has 0 unspecified atom stereocenters. The van der Waals surface area contributed by atoms with Crippen molar-refractivity contribution >= 4 is 23.2 Å². The van der Waals surface area contributed by atoms with Gasteiger partial charge in [0, 0.05) is 29.3 Å². The van der Waals surface area contributed by atoms with Gasteiger partial charge in [-0.25, -0.2) is 0 Å². The molecule has 8 heteroatoms. The first kappa shape index (κ1) is 22.6. The second kappa shape index (κ2) is 10.8. The van der Waals surface area contributed by atoms with Gasteiger partial charge < -0.3 is 24.5 Å². The van der Waals surface area contributed by atoms with E-state index in [2.05, 4.69) is 15.6 Å². The van der Waals surface area contributed by atoms with Crippen molar-refractivity contribution in [3.05, 3.63) is 102 Å². The number of anilines is 2. The van der Waals surface area contributed by atoms with Crippen LogP contribution in [0.15, 0.2) is 89.8 Å². The van der Waals surface area contributed by atoms with Crippen molar-refractivity contribution < 1.29 is 23.5 Å². The van der Waals surface area contributed by atoms with Crippen molar-refractivity contribution in [1.29, 1.82) is 0 Å². The Morgan fingerprint density at radius 1 is 0.853 bits per heavy atom. The lowest BCUT2D eigenvalue weighted by atomic mass is 10.1. The number of hydrogen-bond donors (Lipinski definition) is 2. The number of benzene rings is 2. The van der Waals surface area contributed by atoms with Gasteiger partial charge in [-0.3, -0.25) is 14.6 Å². The topological polar surface area (TPSA) is 103 Å². The molecule has 4 rings (SSSR count). The van der Waals surface area contributed by atoms with E-state index in [1.165, 1.54) is 6.26 Å². The molecule has 0 saturated carbocycles. The number of nitrogens with one attached hydrogen (secondary N) is 2. The molecule has 0 bridgehead atoms. The summed E-state index contributed by atoms with van der Waals surface area (Å²) in [5.74, 6) is 0.513. The number of hydrogen-bond acceptors (Lipinski definition) is 6. The Morgan fingerprint density at radius 3 is 2.32 bits per heavy atom. The molecule has 4 aromatic rings. The van der Waals surface area contributed by atoms with Crippen LogP contribution in [0, 0.1) is 0 Å². The van der Waals surface area contributed by atoms with E-state index in [0.29, 0.717) is 41.7 Å². The fourth-order valence-electron chi connectivity index (χ4n) is 3.16. The summed E-state index contributed by atoms with van der Waals surface area (Å²) in [6.07, 6.45) is 4.83. The predicted molar refractivity (Wildman–Crippen MR) is 127 cm³/mol. The van der Waals surface area contributed by atoms with Gasteiger partial charge in [0.05, 0.1) is 12.9 Å². The highest BCUT2D eigenvalue weighted by Gasteiger charge is 2.14. The van der Waals surface area contributed by atoms with Crippen LogP contribution in [-0.2, 0) is 6.61 Å². The zero-order valence-corrected chi connectivity index (χ0v) is 18.5. The molecule has 0 atom stereocenters. The number of amides is 2. The van der Waals surface area contributed by atoms with Crippen LogP contribution in [0.1, 0.15) is 33.4 Å². The number of ether oxygens (including phenoxy) is 2. The molecule has 0 aliphatic carbocycles. The standard InChI is InChI=1S/C26H23N3O5/c1-2-32-24-15-19(8-9-22(24)34-17-18-10-12-27-13-11-18)25(30)28-20-5-3-6-21(16-20)29-26(31)23-7-4-14-33-23/h3-16H,2,17H2,1H3,(H,28,30)(H,29,31). The molecule has 0 radical (unpaired) electrons. The van der Waals surface area contributed by atoms with Crippen LogP contribution in [-0.4, -0.2) is 23.4 Å². The zero-order valence-electron chi connectivity index (χ0n) is 18.5. The molecular formula is C26H23N3O5. The minimum atomic E-state index is -0.378. The fourth-order valence-corrected chi connectivity index (χ4v) is 3.16. The highest BCUT2D eigenvalue weighted by molar-refractivity contribution is 6.06. The number of carbonyl (C=O) groups excluding carboxylic acids is 2. The number of rotatable bonds is 9. The van der Waals surface area contributed by atoms with Crippen LogP contribution >= 0.6 is 0 Å². The largest absolute Gasteiger partial charge is 0.490 e. The summed E-state index contributed by atoms with van der Waals surface area (Å²) in [4.78, 5) is 29.0. The van der Waals surface area contributed by atoms with E-state index in [1.807, 2.05) is 19.1 Å². The maximum atomic E-state index is 12.9. The molecule has 0 saturated heterocycles. The molecule has 0 aliphatic heterocycles. The first-order chi connectivity index (χ1) is 16.6. The summed E-state index contributed by atoms with van der Waals surface area (Å²) >= 11 is 0. The zero-order chi connectivity index (χ0) is 23.8. The molecule has 2 aromatic carbocycles. The van der Waals surface area contributed by atoms with Crippen LogP contribution in [0.2, 0.25) is 0 Å². The third-order valence-corrected chi connectivity index (χ3v) is 4.77. The SMILES string of the molecule is CCOc1cc(C(=O)Nc2cccc(NC(=O)c3ccco3)c2)ccc1OCc1ccncc1. The molecule has 0 aliphatic rings. The second-order valence-electron chi connectivity index (χ2n) is 7.21. The summed E-state index contributed by atoms with van der Waals surface area (Å²) in [6, 6.07) is 18.8. The molecule has 0 spiro atoms. The van der Waals surface area contributed by atoms with Crippen molar-refractivity contribution in [3.63, 3.8) is 0 Å². The molecule has 2 N–H and O–H groups in total. The monoisotopic (exact) mass is 457 g/mol. The Kier molecular flexibility index (Phi) is 7.19. The normalized spacial score (nSPS) is 10.4. The van der Waals surface area contributed by atoms with Gasteiger partial charge in [0.2, 0.25) is 0 Å². The maximum Gasteiger partial charge on any atom is 0.291 e. The Balaban J connectivity index is 1.44. The molecule has 2 aromatic heterocycles. The molecule has 0 fully saturated rings. The summed E-state index contributed by atoms with van der Waals surface area (Å²) < 4.78 is 16.7. The van der Waals surface area contributed by atoms with Crippen LogP contribution in [0.4, 0.5) is 11.4 Å². The lowest BCUT2D eigenvalue weighted by molar-refractivity contribution is 0.0995. The van der Waals surface area contributed by atoms with Gasteiger partial charge in [0.25, 0.3) is 11.8 Å². The number of nitrogens with zero attached hydrogens (tertiary/aromatic N) is 1. The van der Waals surface area contributed by atoms with Gasteiger partial charge in [0.15, 0.2) is 17.3 Å². The molecule has 172 valence electrons. The predicted octanol–water partition coefficient (Wildman–Crippen LogP) is 5.16. The summed E-state index contributed by atoms with van der Waals surface area (Å²) in [5.41, 5.74) is 2.43. The highest BCUT2D eigenvalue weighted by atomic mass is 16.5. The quantitative estimate of drug-likeness (QED) is 0.360. The van der Waals surface area contributed by atoms with E-state index in [9.17, 15) is 9.59 Å². The molecule has 8 nitrogen and oxygen atoms in total. The molecule has 2 heterocycles. The smallest absolute Gasteiger partial charge is 0.291 e.